The number of anilines is 1. The van der Waals surface area contributed by atoms with Gasteiger partial charge < -0.3 is 5.73 Å². The maximum atomic E-state index is 13.3. The highest BCUT2D eigenvalue weighted by molar-refractivity contribution is 5.92. The van der Waals surface area contributed by atoms with Gasteiger partial charge in [0.1, 0.15) is 11.5 Å². The van der Waals surface area contributed by atoms with Gasteiger partial charge in [0, 0.05) is 0 Å². The van der Waals surface area contributed by atoms with Gasteiger partial charge in [-0.05, 0) is 29.2 Å². The highest BCUT2D eigenvalue weighted by Gasteiger charge is 2.41. The third-order valence-electron chi connectivity index (χ3n) is 4.23. The molecular formula is C18H16F6N4. The fraction of sp³-hybridized carbons (Fsp3) is 0.333. The van der Waals surface area contributed by atoms with Crippen LogP contribution >= 0.6 is 0 Å². The average molecular weight is 402 g/mol. The Balaban J connectivity index is 2.25. The largest absolute Gasteiger partial charge is 0.434 e. The smallest absolute Gasteiger partial charge is 0.383 e. The third-order valence-corrected chi connectivity index (χ3v) is 4.23. The molecule has 0 spiro atoms. The van der Waals surface area contributed by atoms with Gasteiger partial charge in [-0.2, -0.15) is 31.4 Å². The van der Waals surface area contributed by atoms with Crippen molar-refractivity contribution >= 4 is 16.7 Å². The number of nitrogen functional groups attached to an aromatic ring is 1. The zero-order valence-electron chi connectivity index (χ0n) is 15.1. The van der Waals surface area contributed by atoms with Crippen molar-refractivity contribution in [3.05, 3.63) is 47.3 Å². The number of rotatable bonds is 1. The van der Waals surface area contributed by atoms with Crippen LogP contribution in [0.5, 0.6) is 0 Å². The number of nitrogens with zero attached hydrogens (tertiary/aromatic N) is 3. The number of benzene rings is 1. The summed E-state index contributed by atoms with van der Waals surface area (Å²) in [6, 6.07) is 7.15. The van der Waals surface area contributed by atoms with Crippen molar-refractivity contribution in [3.63, 3.8) is 0 Å². The first-order chi connectivity index (χ1) is 12.7. The van der Waals surface area contributed by atoms with Crippen LogP contribution < -0.4 is 5.73 Å². The molecule has 0 radical (unpaired) electrons. The third kappa shape index (κ3) is 3.50. The summed E-state index contributed by atoms with van der Waals surface area (Å²) in [5, 5.41) is 3.21. The van der Waals surface area contributed by atoms with E-state index in [0.29, 0.717) is 11.8 Å². The van der Waals surface area contributed by atoms with Gasteiger partial charge in [0.05, 0.1) is 16.6 Å². The molecule has 0 aliphatic rings. The van der Waals surface area contributed by atoms with Gasteiger partial charge in [-0.1, -0.05) is 32.9 Å². The SMILES string of the molecule is CC(C)(C)c1ccc(-n2nc3cc(C(F)(F)F)nc(C(F)(F)F)c3c2N)cc1. The lowest BCUT2D eigenvalue weighted by Crippen LogP contribution is -2.15. The first-order valence-electron chi connectivity index (χ1n) is 8.14. The summed E-state index contributed by atoms with van der Waals surface area (Å²) >= 11 is 0. The van der Waals surface area contributed by atoms with Crippen LogP contribution in [0.2, 0.25) is 0 Å². The second-order valence-corrected chi connectivity index (χ2v) is 7.34. The summed E-state index contributed by atoms with van der Waals surface area (Å²) in [5.74, 6) is -0.438. The molecule has 2 N–H and O–H groups in total. The van der Waals surface area contributed by atoms with E-state index in [4.69, 9.17) is 5.73 Å². The lowest BCUT2D eigenvalue weighted by molar-refractivity contribution is -0.149. The molecule has 2 aromatic heterocycles. The van der Waals surface area contributed by atoms with Gasteiger partial charge in [0.25, 0.3) is 0 Å². The molecule has 4 nitrogen and oxygen atoms in total. The maximum Gasteiger partial charge on any atom is 0.434 e. The lowest BCUT2D eigenvalue weighted by atomic mass is 9.87. The molecule has 0 bridgehead atoms. The number of hydrogen-bond acceptors (Lipinski definition) is 3. The van der Waals surface area contributed by atoms with Crippen LogP contribution in [0.4, 0.5) is 32.2 Å². The van der Waals surface area contributed by atoms with E-state index in [1.807, 2.05) is 20.8 Å². The standard InChI is InChI=1S/C18H16F6N4/c1-16(2,3)9-4-6-10(7-5-9)28-15(25)13-11(27-28)8-12(17(19,20)21)26-14(13)18(22,23)24/h4-8H,25H2,1-3H3. The Morgan fingerprint density at radius 2 is 1.46 bits per heavy atom. The molecule has 0 aliphatic heterocycles. The molecule has 3 aromatic rings. The van der Waals surface area contributed by atoms with E-state index in [9.17, 15) is 26.3 Å². The predicted molar refractivity (Wildman–Crippen MR) is 92.0 cm³/mol. The van der Waals surface area contributed by atoms with Crippen molar-refractivity contribution in [2.45, 2.75) is 38.5 Å². The maximum absolute atomic E-state index is 13.3. The van der Waals surface area contributed by atoms with Crippen LogP contribution in [0.1, 0.15) is 37.7 Å². The van der Waals surface area contributed by atoms with Gasteiger partial charge in [0.2, 0.25) is 0 Å². The zero-order chi connectivity index (χ0) is 21.1. The molecule has 0 saturated heterocycles. The molecule has 0 fully saturated rings. The Kier molecular flexibility index (Phi) is 4.36. The summed E-state index contributed by atoms with van der Waals surface area (Å²) in [5.41, 5.74) is 3.03. The fourth-order valence-electron chi connectivity index (χ4n) is 2.78. The van der Waals surface area contributed by atoms with E-state index in [0.717, 1.165) is 10.2 Å². The Bertz CT molecular complexity index is 1020. The summed E-state index contributed by atoms with van der Waals surface area (Å²) < 4.78 is 79.9. The van der Waals surface area contributed by atoms with E-state index in [1.165, 1.54) is 0 Å². The Morgan fingerprint density at radius 1 is 0.893 bits per heavy atom. The Labute approximate surface area is 156 Å². The van der Waals surface area contributed by atoms with Gasteiger partial charge >= 0.3 is 12.4 Å². The van der Waals surface area contributed by atoms with Crippen LogP contribution in [0.25, 0.3) is 16.6 Å². The van der Waals surface area contributed by atoms with E-state index in [1.54, 1.807) is 24.3 Å². The second-order valence-electron chi connectivity index (χ2n) is 7.34. The molecular weight excluding hydrogens is 386 g/mol. The highest BCUT2D eigenvalue weighted by Crippen LogP contribution is 2.40. The van der Waals surface area contributed by atoms with Crippen LogP contribution in [-0.2, 0) is 17.8 Å². The van der Waals surface area contributed by atoms with Crippen molar-refractivity contribution < 1.29 is 26.3 Å². The van der Waals surface area contributed by atoms with E-state index in [-0.39, 0.29) is 5.41 Å². The molecule has 3 rings (SSSR count). The van der Waals surface area contributed by atoms with Crippen molar-refractivity contribution in [1.82, 2.24) is 14.8 Å². The first-order valence-corrected chi connectivity index (χ1v) is 8.14. The number of aromatic nitrogens is 3. The number of pyridine rings is 1. The first kappa shape index (κ1) is 20.0. The summed E-state index contributed by atoms with van der Waals surface area (Å²) in [4.78, 5) is 2.77. The van der Waals surface area contributed by atoms with Crippen LogP contribution in [0.3, 0.4) is 0 Å². The summed E-state index contributed by atoms with van der Waals surface area (Å²) in [6.45, 7) is 5.95. The molecule has 28 heavy (non-hydrogen) atoms. The van der Waals surface area contributed by atoms with Gasteiger partial charge in [-0.15, -0.1) is 0 Å². The topological polar surface area (TPSA) is 56.7 Å². The number of halogens is 6. The summed E-state index contributed by atoms with van der Waals surface area (Å²) in [6.07, 6.45) is -10.2. The number of fused-ring (bicyclic) bond motifs is 1. The molecule has 0 atom stereocenters. The normalized spacial score (nSPS) is 13.3. The zero-order valence-corrected chi connectivity index (χ0v) is 15.1. The minimum atomic E-state index is -5.13. The summed E-state index contributed by atoms with van der Waals surface area (Å²) in [7, 11) is 0. The van der Waals surface area contributed by atoms with Gasteiger partial charge in [-0.3, -0.25) is 0 Å². The minimum absolute atomic E-state index is 0.159. The Hall–Kier alpha value is -2.78. The lowest BCUT2D eigenvalue weighted by Gasteiger charge is -2.19. The minimum Gasteiger partial charge on any atom is -0.383 e. The molecule has 0 unspecified atom stereocenters. The van der Waals surface area contributed by atoms with Crippen LogP contribution in [0.15, 0.2) is 30.3 Å². The van der Waals surface area contributed by atoms with Crippen molar-refractivity contribution in [3.8, 4) is 5.69 Å². The van der Waals surface area contributed by atoms with E-state index >= 15 is 0 Å². The van der Waals surface area contributed by atoms with Gasteiger partial charge in [-0.25, -0.2) is 9.67 Å². The predicted octanol–water partition coefficient (Wildman–Crippen LogP) is 5.34. The fourth-order valence-corrected chi connectivity index (χ4v) is 2.78. The molecule has 0 amide bonds. The van der Waals surface area contributed by atoms with Gasteiger partial charge in [0.15, 0.2) is 5.69 Å². The molecule has 1 aromatic carbocycles. The number of alkyl halides is 6. The van der Waals surface area contributed by atoms with Crippen LogP contribution in [-0.4, -0.2) is 14.8 Å². The second kappa shape index (κ2) is 6.11. The van der Waals surface area contributed by atoms with E-state index < -0.39 is 40.5 Å². The monoisotopic (exact) mass is 402 g/mol. The number of hydrogen-bond donors (Lipinski definition) is 1. The molecule has 0 saturated carbocycles. The Morgan fingerprint density at radius 3 is 1.93 bits per heavy atom. The number of nitrogens with two attached hydrogens (primary N) is 1. The van der Waals surface area contributed by atoms with Crippen molar-refractivity contribution in [1.29, 1.82) is 0 Å². The molecule has 10 heteroatoms. The average Bonchev–Trinajstić information content (AvgIpc) is 2.89. The van der Waals surface area contributed by atoms with Crippen molar-refractivity contribution in [2.75, 3.05) is 5.73 Å². The van der Waals surface area contributed by atoms with Crippen LogP contribution in [0, 0.1) is 0 Å². The highest BCUT2D eigenvalue weighted by atomic mass is 19.4. The molecule has 150 valence electrons. The molecule has 2 heterocycles. The molecule has 0 aliphatic carbocycles. The van der Waals surface area contributed by atoms with Crippen molar-refractivity contribution in [2.24, 2.45) is 0 Å². The quantitative estimate of drug-likeness (QED) is 0.559. The van der Waals surface area contributed by atoms with E-state index in [2.05, 4.69) is 10.1 Å².